The van der Waals surface area contributed by atoms with Gasteiger partial charge in [0.15, 0.2) is 0 Å². The van der Waals surface area contributed by atoms with Crippen LogP contribution in [0.25, 0.3) is 0 Å². The van der Waals surface area contributed by atoms with Gasteiger partial charge in [-0.15, -0.1) is 0 Å². The Labute approximate surface area is 124 Å². The molecule has 5 heteroatoms. The van der Waals surface area contributed by atoms with Crippen molar-refractivity contribution >= 4 is 5.91 Å². The molecular weight excluding hydrogens is 271 g/mol. The minimum absolute atomic E-state index is 0.0216. The molecule has 0 aromatic heterocycles. The van der Waals surface area contributed by atoms with Gasteiger partial charge in [0.25, 0.3) is 0 Å². The third-order valence-corrected chi connectivity index (χ3v) is 4.63. The number of carbonyl (C=O) groups is 1. The summed E-state index contributed by atoms with van der Waals surface area (Å²) >= 11 is 0. The fourth-order valence-corrected chi connectivity index (χ4v) is 2.80. The third kappa shape index (κ3) is 2.68. The monoisotopic (exact) mass is 294 g/mol. The third-order valence-electron chi connectivity index (χ3n) is 4.63. The number of benzene rings is 1. The Bertz CT molecular complexity index is 533. The molecule has 3 N–H and O–H groups in total. The van der Waals surface area contributed by atoms with Crippen LogP contribution < -0.4 is 11.1 Å². The topological polar surface area (TPSA) is 64.3 Å². The molecule has 0 aliphatic heterocycles. The minimum Gasteiger partial charge on any atom is -0.378 e. The molecule has 1 aromatic rings. The first-order chi connectivity index (χ1) is 9.83. The van der Waals surface area contributed by atoms with Crippen molar-refractivity contribution in [3.63, 3.8) is 0 Å². The number of ether oxygens (including phenoxy) is 1. The van der Waals surface area contributed by atoms with Gasteiger partial charge in [-0.3, -0.25) is 4.79 Å². The largest absolute Gasteiger partial charge is 0.378 e. The SMILES string of the molecule is CCOC1CC(N)(C(=O)NCc2ccccc2F)C1(C)C. The highest BCUT2D eigenvalue weighted by atomic mass is 19.1. The first kappa shape index (κ1) is 15.9. The van der Waals surface area contributed by atoms with Gasteiger partial charge in [0.1, 0.15) is 11.4 Å². The van der Waals surface area contributed by atoms with Gasteiger partial charge in [0.05, 0.1) is 6.10 Å². The van der Waals surface area contributed by atoms with Gasteiger partial charge < -0.3 is 15.8 Å². The Morgan fingerprint density at radius 2 is 2.14 bits per heavy atom. The maximum absolute atomic E-state index is 13.5. The van der Waals surface area contributed by atoms with E-state index in [1.165, 1.54) is 6.07 Å². The van der Waals surface area contributed by atoms with Gasteiger partial charge in [0.2, 0.25) is 5.91 Å². The summed E-state index contributed by atoms with van der Waals surface area (Å²) in [5.41, 5.74) is 5.30. The number of nitrogens with two attached hydrogens (primary N) is 1. The number of amides is 1. The van der Waals surface area contributed by atoms with Crippen molar-refractivity contribution in [2.75, 3.05) is 6.61 Å². The van der Waals surface area contributed by atoms with Crippen LogP contribution in [0.3, 0.4) is 0 Å². The quantitative estimate of drug-likeness (QED) is 0.872. The summed E-state index contributed by atoms with van der Waals surface area (Å²) in [6.45, 7) is 6.52. The predicted molar refractivity (Wildman–Crippen MR) is 79.0 cm³/mol. The van der Waals surface area contributed by atoms with E-state index >= 15 is 0 Å². The Morgan fingerprint density at radius 1 is 1.48 bits per heavy atom. The molecule has 1 aliphatic rings. The second-order valence-corrected chi connectivity index (χ2v) is 6.12. The summed E-state index contributed by atoms with van der Waals surface area (Å²) < 4.78 is 19.1. The zero-order chi connectivity index (χ0) is 15.7. The molecule has 0 radical (unpaired) electrons. The summed E-state index contributed by atoms with van der Waals surface area (Å²) in [7, 11) is 0. The molecule has 2 unspecified atom stereocenters. The molecule has 1 aromatic carbocycles. The maximum Gasteiger partial charge on any atom is 0.241 e. The molecule has 0 saturated heterocycles. The van der Waals surface area contributed by atoms with Crippen LogP contribution in [-0.2, 0) is 16.1 Å². The standard InChI is InChI=1S/C16H23FN2O2/c1-4-21-13-9-16(18,15(13,2)3)14(20)19-10-11-7-5-6-8-12(11)17/h5-8,13H,4,9-10,18H2,1-3H3,(H,19,20). The van der Waals surface area contributed by atoms with E-state index in [-0.39, 0.29) is 24.4 Å². The minimum atomic E-state index is -0.974. The smallest absolute Gasteiger partial charge is 0.241 e. The Kier molecular flexibility index (Phi) is 4.35. The summed E-state index contributed by atoms with van der Waals surface area (Å²) in [6, 6.07) is 6.37. The fourth-order valence-electron chi connectivity index (χ4n) is 2.80. The highest BCUT2D eigenvalue weighted by Crippen LogP contribution is 2.49. The molecular formula is C16H23FN2O2. The average Bonchev–Trinajstić information content (AvgIpc) is 2.45. The molecule has 2 rings (SSSR count). The second kappa shape index (κ2) is 5.73. The van der Waals surface area contributed by atoms with Crippen molar-refractivity contribution in [1.29, 1.82) is 0 Å². The Balaban J connectivity index is 2.00. The molecule has 0 spiro atoms. The average molecular weight is 294 g/mol. The zero-order valence-electron chi connectivity index (χ0n) is 12.8. The van der Waals surface area contributed by atoms with Crippen molar-refractivity contribution in [3.05, 3.63) is 35.6 Å². The van der Waals surface area contributed by atoms with Crippen LogP contribution in [0, 0.1) is 11.2 Å². The van der Waals surface area contributed by atoms with E-state index in [2.05, 4.69) is 5.32 Å². The lowest BCUT2D eigenvalue weighted by Gasteiger charge is -2.57. The predicted octanol–water partition coefficient (Wildman–Crippen LogP) is 1.97. The number of rotatable bonds is 5. The summed E-state index contributed by atoms with van der Waals surface area (Å²) in [5, 5.41) is 2.74. The van der Waals surface area contributed by atoms with Gasteiger partial charge in [-0.05, 0) is 13.0 Å². The lowest BCUT2D eigenvalue weighted by Crippen LogP contribution is -2.75. The van der Waals surface area contributed by atoms with Crippen LogP contribution in [0.2, 0.25) is 0 Å². The van der Waals surface area contributed by atoms with E-state index in [4.69, 9.17) is 10.5 Å². The van der Waals surface area contributed by atoms with Gasteiger partial charge >= 0.3 is 0 Å². The van der Waals surface area contributed by atoms with E-state index in [1.807, 2.05) is 20.8 Å². The van der Waals surface area contributed by atoms with E-state index in [0.29, 0.717) is 18.6 Å². The van der Waals surface area contributed by atoms with E-state index in [9.17, 15) is 9.18 Å². The maximum atomic E-state index is 13.5. The highest BCUT2D eigenvalue weighted by Gasteiger charge is 2.62. The van der Waals surface area contributed by atoms with E-state index in [0.717, 1.165) is 0 Å². The van der Waals surface area contributed by atoms with Crippen molar-refractivity contribution < 1.29 is 13.9 Å². The second-order valence-electron chi connectivity index (χ2n) is 6.12. The number of carbonyl (C=O) groups excluding carboxylic acids is 1. The Hall–Kier alpha value is -1.46. The summed E-state index contributed by atoms with van der Waals surface area (Å²) in [5.74, 6) is -0.587. The van der Waals surface area contributed by atoms with Gasteiger partial charge in [-0.2, -0.15) is 0 Å². The van der Waals surface area contributed by atoms with Crippen LogP contribution in [0.1, 0.15) is 32.8 Å². The van der Waals surface area contributed by atoms with Crippen molar-refractivity contribution in [1.82, 2.24) is 5.32 Å². The number of nitrogens with one attached hydrogen (secondary N) is 1. The highest BCUT2D eigenvalue weighted by molar-refractivity contribution is 5.88. The van der Waals surface area contributed by atoms with Crippen LogP contribution in [0.15, 0.2) is 24.3 Å². The van der Waals surface area contributed by atoms with Crippen LogP contribution in [0.5, 0.6) is 0 Å². The summed E-state index contributed by atoms with van der Waals surface area (Å²) in [4.78, 5) is 12.4. The lowest BCUT2D eigenvalue weighted by atomic mass is 9.54. The van der Waals surface area contributed by atoms with E-state index in [1.54, 1.807) is 18.2 Å². The number of hydrogen-bond acceptors (Lipinski definition) is 3. The van der Waals surface area contributed by atoms with Crippen LogP contribution in [-0.4, -0.2) is 24.2 Å². The fraction of sp³-hybridized carbons (Fsp3) is 0.562. The number of hydrogen-bond donors (Lipinski definition) is 2. The molecule has 4 nitrogen and oxygen atoms in total. The van der Waals surface area contributed by atoms with E-state index < -0.39 is 11.0 Å². The van der Waals surface area contributed by atoms with Gasteiger partial charge in [-0.25, -0.2) is 4.39 Å². The molecule has 21 heavy (non-hydrogen) atoms. The first-order valence-electron chi connectivity index (χ1n) is 7.25. The van der Waals surface area contributed by atoms with Crippen molar-refractivity contribution in [2.24, 2.45) is 11.1 Å². The summed E-state index contributed by atoms with van der Waals surface area (Å²) in [6.07, 6.45) is 0.462. The molecule has 2 atom stereocenters. The lowest BCUT2D eigenvalue weighted by molar-refractivity contribution is -0.170. The van der Waals surface area contributed by atoms with Gasteiger partial charge in [0, 0.05) is 30.6 Å². The molecule has 0 bridgehead atoms. The first-order valence-corrected chi connectivity index (χ1v) is 7.25. The zero-order valence-corrected chi connectivity index (χ0v) is 12.8. The van der Waals surface area contributed by atoms with Crippen molar-refractivity contribution in [3.8, 4) is 0 Å². The number of halogens is 1. The molecule has 1 fully saturated rings. The molecule has 0 heterocycles. The molecule has 1 amide bonds. The molecule has 1 saturated carbocycles. The van der Waals surface area contributed by atoms with Crippen molar-refractivity contribution in [2.45, 2.75) is 45.4 Å². The van der Waals surface area contributed by atoms with Crippen LogP contribution in [0.4, 0.5) is 4.39 Å². The van der Waals surface area contributed by atoms with Crippen LogP contribution >= 0.6 is 0 Å². The van der Waals surface area contributed by atoms with Gasteiger partial charge in [-0.1, -0.05) is 32.0 Å². The molecule has 116 valence electrons. The molecule has 1 aliphatic carbocycles. The Morgan fingerprint density at radius 3 is 2.71 bits per heavy atom. The normalized spacial score (nSPS) is 27.0.